The van der Waals surface area contributed by atoms with Crippen LogP contribution in [-0.4, -0.2) is 53.9 Å². The minimum absolute atomic E-state index is 0.0465. The summed E-state index contributed by atoms with van der Waals surface area (Å²) in [5.74, 6) is 5.06. The maximum Gasteiger partial charge on any atom is 0.299 e. The Morgan fingerprint density at radius 1 is 0.842 bits per heavy atom. The summed E-state index contributed by atoms with van der Waals surface area (Å²) in [4.78, 5) is 45.5. The first kappa shape index (κ1) is 44.6. The number of fused-ring (bicyclic) bond motifs is 5. The Bertz CT molecular complexity index is 1580. The number of hydrogen-bond acceptors (Lipinski definition) is 7. The number of rotatable bonds is 22. The lowest BCUT2D eigenvalue weighted by Gasteiger charge is -2.58. The van der Waals surface area contributed by atoms with Crippen LogP contribution < -0.4 is 21.3 Å². The SMILES string of the molecule is CC(C)CCC[C@@H](C)[C@H]1CC[C@H]2[C@@H]3CC=C4C[C@@H]([NH2+]CCCNC(=O)CCNC(=O)CCCCCNc5ccc([N+](=O)[O-])cc5[N+](=O)[O-])CC[C@]4(C)[C@H]3CC[C@]12C. The molecule has 2 amide bonds. The number of benzene rings is 1. The molecule has 5 rings (SSSR count). The number of amides is 2. The lowest BCUT2D eigenvalue weighted by molar-refractivity contribution is -0.691. The van der Waals surface area contributed by atoms with E-state index in [-0.39, 0.29) is 35.3 Å². The average Bonchev–Trinajstić information content (AvgIpc) is 3.53. The van der Waals surface area contributed by atoms with Crippen molar-refractivity contribution < 1.29 is 24.8 Å². The Hall–Kier alpha value is -3.54. The summed E-state index contributed by atoms with van der Waals surface area (Å²) in [6.07, 6.45) is 21.3. The molecule has 8 atom stereocenters. The van der Waals surface area contributed by atoms with Gasteiger partial charge in [-0.1, -0.05) is 72.0 Å². The Balaban J connectivity index is 0.914. The molecule has 0 aromatic heterocycles. The molecular formula is C45H73N6O6+. The summed E-state index contributed by atoms with van der Waals surface area (Å²) in [6.45, 7) is 15.0. The van der Waals surface area contributed by atoms with Crippen molar-refractivity contribution in [1.29, 1.82) is 0 Å². The van der Waals surface area contributed by atoms with Gasteiger partial charge in [-0.05, 0) is 104 Å². The number of nitrogens with one attached hydrogen (secondary N) is 3. The fraction of sp³-hybridized carbons (Fsp3) is 0.778. The maximum absolute atomic E-state index is 12.4. The fourth-order valence-electron chi connectivity index (χ4n) is 11.8. The van der Waals surface area contributed by atoms with Crippen molar-refractivity contribution in [2.45, 2.75) is 150 Å². The van der Waals surface area contributed by atoms with E-state index in [0.717, 1.165) is 61.0 Å². The number of non-ortho nitro benzene ring substituents is 1. The van der Waals surface area contributed by atoms with Gasteiger partial charge in [-0.25, -0.2) is 0 Å². The van der Waals surface area contributed by atoms with Crippen molar-refractivity contribution in [2.24, 2.45) is 46.3 Å². The van der Waals surface area contributed by atoms with E-state index in [1.165, 1.54) is 82.8 Å². The fourth-order valence-corrected chi connectivity index (χ4v) is 11.8. The number of unbranched alkanes of at least 4 members (excludes halogenated alkanes) is 2. The van der Waals surface area contributed by atoms with Crippen molar-refractivity contribution in [3.8, 4) is 0 Å². The van der Waals surface area contributed by atoms with Crippen molar-refractivity contribution in [3.05, 3.63) is 50.1 Å². The highest BCUT2D eigenvalue weighted by Crippen LogP contribution is 2.67. The van der Waals surface area contributed by atoms with Crippen LogP contribution in [0.3, 0.4) is 0 Å². The van der Waals surface area contributed by atoms with Crippen LogP contribution in [-0.2, 0) is 9.59 Å². The van der Waals surface area contributed by atoms with Gasteiger partial charge in [0.2, 0.25) is 11.8 Å². The zero-order valence-corrected chi connectivity index (χ0v) is 35.6. The van der Waals surface area contributed by atoms with Gasteiger partial charge >= 0.3 is 0 Å². The predicted octanol–water partition coefficient (Wildman–Crippen LogP) is 8.46. The number of carbonyl (C=O) groups excluding carboxylic acids is 2. The molecule has 3 saturated carbocycles. The van der Waals surface area contributed by atoms with Crippen LogP contribution in [0.15, 0.2) is 29.8 Å². The number of quaternary nitrogens is 1. The third kappa shape index (κ3) is 11.4. The molecule has 0 bridgehead atoms. The maximum atomic E-state index is 12.4. The molecule has 318 valence electrons. The van der Waals surface area contributed by atoms with Crippen molar-refractivity contribution in [2.75, 3.05) is 31.5 Å². The Labute approximate surface area is 341 Å². The average molecular weight is 794 g/mol. The lowest BCUT2D eigenvalue weighted by atomic mass is 9.47. The van der Waals surface area contributed by atoms with Crippen molar-refractivity contribution in [1.82, 2.24) is 10.6 Å². The van der Waals surface area contributed by atoms with Gasteiger partial charge in [0.05, 0.1) is 28.5 Å². The second kappa shape index (κ2) is 20.4. The summed E-state index contributed by atoms with van der Waals surface area (Å²) in [7, 11) is 0. The standard InChI is InChI=1S/C45H72N6O6/c1-31(2)11-9-12-32(3)37-17-18-38-36-16-14-33-29-34(20-23-44(33,4)39(36)21-24-45(37,38)5)46-26-10-27-48-43(53)22-28-49-42(52)13-7-6-8-25-47-40-19-15-35(50(54)55)30-41(40)51(56)57/h14-15,19,30-32,34,36-39,46-47H,6-13,16-18,20-29H2,1-5H3,(H,48,53)(H,49,52)/p+1/t32-,34+,36+,37-,38+,39+,44+,45-/m1/s1. The van der Waals surface area contributed by atoms with Crippen LogP contribution in [0.4, 0.5) is 17.1 Å². The van der Waals surface area contributed by atoms with E-state index in [9.17, 15) is 29.8 Å². The molecular weight excluding hydrogens is 721 g/mol. The van der Waals surface area contributed by atoms with Crippen LogP contribution in [0.25, 0.3) is 0 Å². The van der Waals surface area contributed by atoms with Crippen molar-refractivity contribution >= 4 is 28.9 Å². The summed E-state index contributed by atoms with van der Waals surface area (Å²) in [5, 5.41) is 33.5. The monoisotopic (exact) mass is 794 g/mol. The molecule has 4 aliphatic carbocycles. The molecule has 1 aromatic carbocycles. The lowest BCUT2D eigenvalue weighted by Crippen LogP contribution is -2.90. The van der Waals surface area contributed by atoms with Gasteiger partial charge in [-0.2, -0.15) is 0 Å². The molecule has 0 unspecified atom stereocenters. The normalized spacial score (nSPS) is 28.4. The molecule has 0 radical (unpaired) electrons. The number of nitrogens with zero attached hydrogens (tertiary/aromatic N) is 2. The van der Waals surface area contributed by atoms with Gasteiger partial charge in [-0.15, -0.1) is 0 Å². The van der Waals surface area contributed by atoms with Crippen LogP contribution in [0.1, 0.15) is 144 Å². The number of anilines is 1. The number of carbonyl (C=O) groups is 2. The van der Waals surface area contributed by atoms with E-state index in [0.29, 0.717) is 55.8 Å². The largest absolute Gasteiger partial charge is 0.379 e. The van der Waals surface area contributed by atoms with E-state index in [1.807, 2.05) is 0 Å². The number of hydrogen-bond donors (Lipinski definition) is 4. The first-order chi connectivity index (χ1) is 27.2. The molecule has 12 nitrogen and oxygen atoms in total. The molecule has 1 aromatic rings. The predicted molar refractivity (Wildman–Crippen MR) is 226 cm³/mol. The summed E-state index contributed by atoms with van der Waals surface area (Å²) in [5.41, 5.74) is 2.22. The van der Waals surface area contributed by atoms with Gasteiger partial charge in [-0.3, -0.25) is 29.8 Å². The second-order valence-electron chi connectivity index (χ2n) is 19.1. The number of nitrogens with two attached hydrogens (primary N) is 1. The van der Waals surface area contributed by atoms with Gasteiger partial charge in [0.15, 0.2) is 0 Å². The third-order valence-corrected chi connectivity index (χ3v) is 15.0. The summed E-state index contributed by atoms with van der Waals surface area (Å²) < 4.78 is 0. The van der Waals surface area contributed by atoms with Crippen molar-refractivity contribution in [3.63, 3.8) is 0 Å². The minimum atomic E-state index is -0.664. The molecule has 3 fully saturated rings. The molecule has 5 N–H and O–H groups in total. The first-order valence-electron chi connectivity index (χ1n) is 22.5. The van der Waals surface area contributed by atoms with Crippen LogP contribution >= 0.6 is 0 Å². The highest BCUT2D eigenvalue weighted by molar-refractivity contribution is 5.78. The number of allylic oxidation sites excluding steroid dienone is 1. The topological polar surface area (TPSA) is 173 Å². The van der Waals surface area contributed by atoms with Crippen LogP contribution in [0.2, 0.25) is 0 Å². The zero-order valence-electron chi connectivity index (χ0n) is 35.6. The smallest absolute Gasteiger partial charge is 0.299 e. The molecule has 0 heterocycles. The molecule has 0 saturated heterocycles. The van der Waals surface area contributed by atoms with Gasteiger partial charge < -0.3 is 21.3 Å². The summed E-state index contributed by atoms with van der Waals surface area (Å²) in [6, 6.07) is 4.15. The number of nitro benzene ring substituents is 2. The minimum Gasteiger partial charge on any atom is -0.379 e. The molecule has 0 spiro atoms. The molecule has 0 aliphatic heterocycles. The molecule has 12 heteroatoms. The quantitative estimate of drug-likeness (QED) is 0.0395. The van der Waals surface area contributed by atoms with Gasteiger partial charge in [0.25, 0.3) is 11.4 Å². The van der Waals surface area contributed by atoms with E-state index < -0.39 is 9.85 Å². The number of nitro groups is 2. The molecule has 57 heavy (non-hydrogen) atoms. The van der Waals surface area contributed by atoms with Gasteiger partial charge in [0, 0.05) is 57.8 Å². The Morgan fingerprint density at radius 3 is 2.37 bits per heavy atom. The van der Waals surface area contributed by atoms with E-state index >= 15 is 0 Å². The Morgan fingerprint density at radius 2 is 1.61 bits per heavy atom. The highest BCUT2D eigenvalue weighted by Gasteiger charge is 2.59. The second-order valence-corrected chi connectivity index (χ2v) is 19.1. The molecule has 4 aliphatic rings. The van der Waals surface area contributed by atoms with E-state index in [1.54, 1.807) is 5.57 Å². The summed E-state index contributed by atoms with van der Waals surface area (Å²) >= 11 is 0. The highest BCUT2D eigenvalue weighted by atomic mass is 16.6. The first-order valence-corrected chi connectivity index (χ1v) is 22.5. The van der Waals surface area contributed by atoms with Gasteiger partial charge in [0.1, 0.15) is 5.69 Å². The van der Waals surface area contributed by atoms with E-state index in [2.05, 4.69) is 62.0 Å². The van der Waals surface area contributed by atoms with E-state index in [4.69, 9.17) is 0 Å². The third-order valence-electron chi connectivity index (χ3n) is 15.0. The van der Waals surface area contributed by atoms with Crippen LogP contribution in [0, 0.1) is 66.6 Å². The zero-order chi connectivity index (χ0) is 41.2. The van der Waals surface area contributed by atoms with Crippen LogP contribution in [0.5, 0.6) is 0 Å². The Kier molecular flexibility index (Phi) is 16.0.